The first-order valence-corrected chi connectivity index (χ1v) is 11.6. The van der Waals surface area contributed by atoms with E-state index in [0.717, 1.165) is 49.2 Å². The molecule has 3 aliphatic rings. The number of nitrogens with zero attached hydrogens (tertiary/aromatic N) is 4. The van der Waals surface area contributed by atoms with Crippen LogP contribution in [0.15, 0.2) is 18.5 Å². The first kappa shape index (κ1) is 21.2. The standard InChI is InChI=1S/C23H29ClN6O2/c1-13(31)29-11-15-5-16(29)4-14(15)8-26-22(32)28-21-6-17(19(24)10-25-21)18-9-27-30-12-23(2,3)7-20(18)30/h6,9-10,14-16H,4-5,7-8,11-12H2,1-3H3,(H2,25,26,28,32)/t14-,15+,16-/m0/s1. The van der Waals surface area contributed by atoms with Crippen LogP contribution in [0.5, 0.6) is 0 Å². The molecule has 5 rings (SSSR count). The number of halogens is 1. The third kappa shape index (κ3) is 3.85. The maximum atomic E-state index is 12.5. The quantitative estimate of drug-likeness (QED) is 0.735. The van der Waals surface area contributed by atoms with Crippen molar-refractivity contribution in [3.8, 4) is 11.1 Å². The van der Waals surface area contributed by atoms with Crippen molar-refractivity contribution in [3.05, 3.63) is 29.2 Å². The van der Waals surface area contributed by atoms with E-state index in [-0.39, 0.29) is 17.4 Å². The number of aromatic nitrogens is 3. The Labute approximate surface area is 192 Å². The number of urea groups is 1. The van der Waals surface area contributed by atoms with E-state index >= 15 is 0 Å². The van der Waals surface area contributed by atoms with Crippen molar-refractivity contribution >= 4 is 29.4 Å². The molecule has 170 valence electrons. The predicted octanol–water partition coefficient (Wildman–Crippen LogP) is 3.56. The summed E-state index contributed by atoms with van der Waals surface area (Å²) in [7, 11) is 0. The number of anilines is 1. The van der Waals surface area contributed by atoms with Crippen LogP contribution in [0, 0.1) is 17.3 Å². The van der Waals surface area contributed by atoms with Crippen LogP contribution in [0.1, 0.15) is 39.3 Å². The molecule has 4 heterocycles. The fourth-order valence-corrected chi connectivity index (χ4v) is 5.87. The van der Waals surface area contributed by atoms with Crippen molar-refractivity contribution in [2.24, 2.45) is 17.3 Å². The van der Waals surface area contributed by atoms with Gasteiger partial charge in [-0.25, -0.2) is 9.78 Å². The lowest BCUT2D eigenvalue weighted by Crippen LogP contribution is -2.42. The molecule has 0 radical (unpaired) electrons. The summed E-state index contributed by atoms with van der Waals surface area (Å²) in [4.78, 5) is 30.4. The van der Waals surface area contributed by atoms with Gasteiger partial charge in [0.05, 0.1) is 11.2 Å². The highest BCUT2D eigenvalue weighted by Crippen LogP contribution is 2.42. The Morgan fingerprint density at radius 2 is 2.06 bits per heavy atom. The van der Waals surface area contributed by atoms with Gasteiger partial charge in [-0.3, -0.25) is 14.8 Å². The molecular formula is C23H29ClN6O2. The molecule has 2 aromatic heterocycles. The fraction of sp³-hybridized carbons (Fsp3) is 0.565. The Kier molecular flexibility index (Phi) is 5.15. The lowest BCUT2D eigenvalue weighted by Gasteiger charge is -2.30. The van der Waals surface area contributed by atoms with E-state index in [1.54, 1.807) is 13.1 Å². The van der Waals surface area contributed by atoms with E-state index < -0.39 is 0 Å². The summed E-state index contributed by atoms with van der Waals surface area (Å²) >= 11 is 6.46. The highest BCUT2D eigenvalue weighted by atomic mass is 35.5. The van der Waals surface area contributed by atoms with Crippen LogP contribution >= 0.6 is 11.6 Å². The SMILES string of the molecule is CC(=O)N1C[C@H]2C[C@@H]1C[C@H]2CNC(=O)Nc1cc(-c2cnn3c2CC(C)(C)C3)c(Cl)cn1. The van der Waals surface area contributed by atoms with Gasteiger partial charge in [-0.2, -0.15) is 5.10 Å². The van der Waals surface area contributed by atoms with Crippen LogP contribution in [-0.4, -0.2) is 50.7 Å². The molecule has 32 heavy (non-hydrogen) atoms. The topological polar surface area (TPSA) is 92.2 Å². The predicted molar refractivity (Wildman–Crippen MR) is 122 cm³/mol. The van der Waals surface area contributed by atoms with Gasteiger partial charge in [-0.05, 0) is 42.6 Å². The van der Waals surface area contributed by atoms with Crippen molar-refractivity contribution in [3.63, 3.8) is 0 Å². The number of carbonyl (C=O) groups is 2. The summed E-state index contributed by atoms with van der Waals surface area (Å²) in [6.45, 7) is 8.38. The van der Waals surface area contributed by atoms with Crippen molar-refractivity contribution < 1.29 is 9.59 Å². The summed E-state index contributed by atoms with van der Waals surface area (Å²) in [5.74, 6) is 1.49. The van der Waals surface area contributed by atoms with Gasteiger partial charge in [0.15, 0.2) is 0 Å². The smallest absolute Gasteiger partial charge is 0.320 e. The fourth-order valence-electron chi connectivity index (χ4n) is 5.67. The highest BCUT2D eigenvalue weighted by Gasteiger charge is 2.45. The van der Waals surface area contributed by atoms with Crippen molar-refractivity contribution in [2.75, 3.05) is 18.4 Å². The van der Waals surface area contributed by atoms with E-state index in [2.05, 4.69) is 34.6 Å². The Bertz CT molecular complexity index is 1080. The van der Waals surface area contributed by atoms with Crippen molar-refractivity contribution in [1.82, 2.24) is 25.0 Å². The number of carbonyl (C=O) groups excluding carboxylic acids is 2. The molecule has 3 atom stereocenters. The van der Waals surface area contributed by atoms with Gasteiger partial charge in [-0.1, -0.05) is 25.4 Å². The zero-order chi connectivity index (χ0) is 22.6. The van der Waals surface area contributed by atoms with E-state index in [0.29, 0.717) is 35.3 Å². The first-order chi connectivity index (χ1) is 15.2. The summed E-state index contributed by atoms with van der Waals surface area (Å²) in [5, 5.41) is 10.9. The van der Waals surface area contributed by atoms with Gasteiger partial charge >= 0.3 is 6.03 Å². The van der Waals surface area contributed by atoms with Gasteiger partial charge < -0.3 is 10.2 Å². The third-order valence-electron chi connectivity index (χ3n) is 7.18. The van der Waals surface area contributed by atoms with E-state index in [1.807, 2.05) is 21.8 Å². The highest BCUT2D eigenvalue weighted by molar-refractivity contribution is 6.33. The molecule has 0 unspecified atom stereocenters. The number of hydrogen-bond acceptors (Lipinski definition) is 4. The second-order valence-corrected chi connectivity index (χ2v) is 10.6. The van der Waals surface area contributed by atoms with Crippen LogP contribution < -0.4 is 10.6 Å². The zero-order valence-corrected chi connectivity index (χ0v) is 19.4. The van der Waals surface area contributed by atoms with Crippen LogP contribution in [0.3, 0.4) is 0 Å². The van der Waals surface area contributed by atoms with Gasteiger partial charge in [0.25, 0.3) is 0 Å². The van der Waals surface area contributed by atoms with Crippen LogP contribution in [-0.2, 0) is 17.8 Å². The van der Waals surface area contributed by atoms with Gasteiger partial charge in [0.1, 0.15) is 5.82 Å². The molecule has 2 N–H and O–H groups in total. The Morgan fingerprint density at radius 3 is 2.78 bits per heavy atom. The molecule has 2 aromatic rings. The molecule has 0 spiro atoms. The zero-order valence-electron chi connectivity index (χ0n) is 18.7. The monoisotopic (exact) mass is 456 g/mol. The lowest BCUT2D eigenvalue weighted by atomic mass is 9.89. The largest absolute Gasteiger partial charge is 0.340 e. The number of piperidine rings is 1. The molecule has 0 aromatic carbocycles. The second-order valence-electron chi connectivity index (χ2n) is 10.2. The molecular weight excluding hydrogens is 428 g/mol. The van der Waals surface area contributed by atoms with Crippen LogP contribution in [0.2, 0.25) is 5.02 Å². The Balaban J connectivity index is 1.22. The number of hydrogen-bond donors (Lipinski definition) is 2. The summed E-state index contributed by atoms with van der Waals surface area (Å²) in [6.07, 6.45) is 6.34. The summed E-state index contributed by atoms with van der Waals surface area (Å²) in [5.41, 5.74) is 3.14. The number of fused-ring (bicyclic) bond motifs is 3. The number of nitrogens with one attached hydrogen (secondary N) is 2. The van der Waals surface area contributed by atoms with E-state index in [1.165, 1.54) is 0 Å². The number of rotatable bonds is 4. The first-order valence-electron chi connectivity index (χ1n) is 11.2. The number of pyridine rings is 1. The summed E-state index contributed by atoms with van der Waals surface area (Å²) < 4.78 is 2.04. The minimum atomic E-state index is -0.279. The number of likely N-dealkylation sites (tertiary alicyclic amines) is 1. The number of amides is 3. The molecule has 2 aliphatic heterocycles. The molecule has 2 bridgehead atoms. The molecule has 2 fully saturated rings. The van der Waals surface area contributed by atoms with E-state index in [9.17, 15) is 9.59 Å². The molecule has 3 amide bonds. The minimum Gasteiger partial charge on any atom is -0.340 e. The summed E-state index contributed by atoms with van der Waals surface area (Å²) in [6, 6.07) is 1.86. The molecule has 9 heteroatoms. The average Bonchev–Trinajstić information content (AvgIpc) is 3.47. The maximum Gasteiger partial charge on any atom is 0.320 e. The molecule has 1 saturated heterocycles. The van der Waals surface area contributed by atoms with Crippen LogP contribution in [0.4, 0.5) is 10.6 Å². The second kappa shape index (κ2) is 7.76. The van der Waals surface area contributed by atoms with Gasteiger partial charge in [0, 0.05) is 55.6 Å². The van der Waals surface area contributed by atoms with Gasteiger partial charge in [-0.15, -0.1) is 0 Å². The Hall–Kier alpha value is -2.61. The Morgan fingerprint density at radius 1 is 1.25 bits per heavy atom. The van der Waals surface area contributed by atoms with Crippen molar-refractivity contribution in [1.29, 1.82) is 0 Å². The lowest BCUT2D eigenvalue weighted by molar-refractivity contribution is -0.130. The van der Waals surface area contributed by atoms with E-state index in [4.69, 9.17) is 11.6 Å². The van der Waals surface area contributed by atoms with Crippen LogP contribution in [0.25, 0.3) is 11.1 Å². The minimum absolute atomic E-state index is 0.152. The van der Waals surface area contributed by atoms with Crippen molar-refractivity contribution in [2.45, 2.75) is 52.6 Å². The molecule has 1 aliphatic carbocycles. The normalized spacial score (nSPS) is 25.1. The molecule has 8 nitrogen and oxygen atoms in total. The third-order valence-corrected chi connectivity index (χ3v) is 7.48. The average molecular weight is 457 g/mol. The molecule has 1 saturated carbocycles. The van der Waals surface area contributed by atoms with Gasteiger partial charge in [0.2, 0.25) is 5.91 Å². The maximum absolute atomic E-state index is 12.5.